The predicted octanol–water partition coefficient (Wildman–Crippen LogP) is 1.05. The van der Waals surface area contributed by atoms with E-state index in [9.17, 15) is 13.2 Å². The van der Waals surface area contributed by atoms with Gasteiger partial charge in [-0.3, -0.25) is 4.79 Å². The first-order chi connectivity index (χ1) is 9.76. The Balaban J connectivity index is 2.69. The standard InChI is InChI=1S/C14H22N2O4S/c1-10(2)8-15-14(17)9-16-21(18,19)12-5-6-13(20-4)11(3)7-12/h5-7,10,16H,8-9H2,1-4H3,(H,15,17). The lowest BCUT2D eigenvalue weighted by molar-refractivity contribution is -0.120. The van der Waals surface area contributed by atoms with Crippen molar-refractivity contribution in [1.82, 2.24) is 10.0 Å². The molecule has 0 atom stereocenters. The highest BCUT2D eigenvalue weighted by atomic mass is 32.2. The van der Waals surface area contributed by atoms with Gasteiger partial charge in [-0.05, 0) is 36.6 Å². The number of ether oxygens (including phenoxy) is 1. The molecule has 0 bridgehead atoms. The first kappa shape index (κ1) is 17.5. The summed E-state index contributed by atoms with van der Waals surface area (Å²) in [5.41, 5.74) is 0.713. The lowest BCUT2D eigenvalue weighted by atomic mass is 10.2. The summed E-state index contributed by atoms with van der Waals surface area (Å²) in [6, 6.07) is 4.54. The zero-order valence-electron chi connectivity index (χ0n) is 12.8. The number of carbonyl (C=O) groups excluding carboxylic acids is 1. The van der Waals surface area contributed by atoms with E-state index in [-0.39, 0.29) is 17.3 Å². The van der Waals surface area contributed by atoms with Gasteiger partial charge in [0.2, 0.25) is 15.9 Å². The van der Waals surface area contributed by atoms with Crippen molar-refractivity contribution in [1.29, 1.82) is 0 Å². The number of methoxy groups -OCH3 is 1. The Bertz CT molecular complexity index is 597. The van der Waals surface area contributed by atoms with Crippen LogP contribution in [0.4, 0.5) is 0 Å². The Kier molecular flexibility index (Phi) is 6.17. The second-order valence-electron chi connectivity index (χ2n) is 5.15. The van der Waals surface area contributed by atoms with Crippen LogP contribution in [-0.2, 0) is 14.8 Å². The van der Waals surface area contributed by atoms with Crippen LogP contribution in [0.3, 0.4) is 0 Å². The van der Waals surface area contributed by atoms with Crippen LogP contribution in [0.1, 0.15) is 19.4 Å². The summed E-state index contributed by atoms with van der Waals surface area (Å²) in [7, 11) is -2.19. The molecule has 1 rings (SSSR count). The van der Waals surface area contributed by atoms with Gasteiger partial charge in [0.15, 0.2) is 0 Å². The normalized spacial score (nSPS) is 11.5. The summed E-state index contributed by atoms with van der Waals surface area (Å²) in [5.74, 6) is 0.580. The minimum absolute atomic E-state index is 0.109. The third-order valence-corrected chi connectivity index (χ3v) is 4.21. The summed E-state index contributed by atoms with van der Waals surface area (Å²) >= 11 is 0. The van der Waals surface area contributed by atoms with Gasteiger partial charge in [-0.15, -0.1) is 0 Å². The van der Waals surface area contributed by atoms with Crippen molar-refractivity contribution in [3.8, 4) is 5.75 Å². The van der Waals surface area contributed by atoms with Gasteiger partial charge in [0.05, 0.1) is 18.6 Å². The predicted molar refractivity (Wildman–Crippen MR) is 80.8 cm³/mol. The van der Waals surface area contributed by atoms with Crippen LogP contribution in [0.25, 0.3) is 0 Å². The molecule has 0 heterocycles. The van der Waals surface area contributed by atoms with Gasteiger partial charge in [-0.1, -0.05) is 13.8 Å². The van der Waals surface area contributed by atoms with Crippen LogP contribution >= 0.6 is 0 Å². The van der Waals surface area contributed by atoms with E-state index >= 15 is 0 Å². The molecule has 0 saturated heterocycles. The van der Waals surface area contributed by atoms with E-state index in [0.29, 0.717) is 23.8 Å². The highest BCUT2D eigenvalue weighted by Gasteiger charge is 2.16. The molecule has 0 aromatic heterocycles. The minimum atomic E-state index is -3.71. The van der Waals surface area contributed by atoms with Crippen molar-refractivity contribution in [2.24, 2.45) is 5.92 Å². The summed E-state index contributed by atoms with van der Waals surface area (Å²) in [4.78, 5) is 11.6. The fourth-order valence-corrected chi connectivity index (χ4v) is 2.71. The summed E-state index contributed by atoms with van der Waals surface area (Å²) in [6.07, 6.45) is 0. The average molecular weight is 314 g/mol. The molecule has 0 aliphatic carbocycles. The van der Waals surface area contributed by atoms with Gasteiger partial charge in [-0.25, -0.2) is 13.1 Å². The fraction of sp³-hybridized carbons (Fsp3) is 0.500. The molecule has 1 amide bonds. The number of amides is 1. The molecule has 1 aromatic carbocycles. The number of benzene rings is 1. The van der Waals surface area contributed by atoms with Crippen molar-refractivity contribution < 1.29 is 17.9 Å². The Morgan fingerprint density at radius 2 is 2.00 bits per heavy atom. The van der Waals surface area contributed by atoms with Crippen molar-refractivity contribution in [2.75, 3.05) is 20.2 Å². The van der Waals surface area contributed by atoms with Crippen LogP contribution in [0.15, 0.2) is 23.1 Å². The quantitative estimate of drug-likeness (QED) is 0.788. The lowest BCUT2D eigenvalue weighted by Gasteiger charge is -2.10. The van der Waals surface area contributed by atoms with E-state index in [1.54, 1.807) is 13.0 Å². The number of carbonyl (C=O) groups is 1. The zero-order chi connectivity index (χ0) is 16.0. The third kappa shape index (κ3) is 5.35. The van der Waals surface area contributed by atoms with Crippen LogP contribution in [0, 0.1) is 12.8 Å². The summed E-state index contributed by atoms with van der Waals surface area (Å²) < 4.78 is 31.6. The van der Waals surface area contributed by atoms with Crippen molar-refractivity contribution in [3.05, 3.63) is 23.8 Å². The van der Waals surface area contributed by atoms with E-state index < -0.39 is 10.0 Å². The second-order valence-corrected chi connectivity index (χ2v) is 6.92. The van der Waals surface area contributed by atoms with Crippen LogP contribution < -0.4 is 14.8 Å². The zero-order valence-corrected chi connectivity index (χ0v) is 13.6. The molecule has 0 unspecified atom stereocenters. The maximum absolute atomic E-state index is 12.1. The number of rotatable bonds is 7. The Hall–Kier alpha value is -1.60. The van der Waals surface area contributed by atoms with E-state index in [0.717, 1.165) is 0 Å². The van der Waals surface area contributed by atoms with Crippen LogP contribution in [0.5, 0.6) is 5.75 Å². The molecule has 0 aliphatic rings. The SMILES string of the molecule is COc1ccc(S(=O)(=O)NCC(=O)NCC(C)C)cc1C. The fourth-order valence-electron chi connectivity index (χ4n) is 1.64. The van der Waals surface area contributed by atoms with Crippen molar-refractivity contribution in [2.45, 2.75) is 25.7 Å². The van der Waals surface area contributed by atoms with E-state index in [1.807, 2.05) is 13.8 Å². The van der Waals surface area contributed by atoms with Gasteiger partial charge in [0.1, 0.15) is 5.75 Å². The molecule has 0 aliphatic heterocycles. The number of aryl methyl sites for hydroxylation is 1. The molecule has 7 heteroatoms. The minimum Gasteiger partial charge on any atom is -0.496 e. The molecular weight excluding hydrogens is 292 g/mol. The van der Waals surface area contributed by atoms with Crippen molar-refractivity contribution >= 4 is 15.9 Å². The first-order valence-electron chi connectivity index (χ1n) is 6.67. The second kappa shape index (κ2) is 7.42. The topological polar surface area (TPSA) is 84.5 Å². The Labute approximate surface area is 125 Å². The summed E-state index contributed by atoms with van der Waals surface area (Å²) in [6.45, 7) is 5.92. The lowest BCUT2D eigenvalue weighted by Crippen LogP contribution is -2.38. The number of nitrogens with one attached hydrogen (secondary N) is 2. The smallest absolute Gasteiger partial charge is 0.241 e. The van der Waals surface area contributed by atoms with E-state index in [4.69, 9.17) is 4.74 Å². The highest BCUT2D eigenvalue weighted by Crippen LogP contribution is 2.20. The van der Waals surface area contributed by atoms with E-state index in [1.165, 1.54) is 19.2 Å². The summed E-state index contributed by atoms with van der Waals surface area (Å²) in [5, 5.41) is 2.65. The molecule has 1 aromatic rings. The maximum Gasteiger partial charge on any atom is 0.241 e. The number of hydrogen-bond acceptors (Lipinski definition) is 4. The maximum atomic E-state index is 12.1. The Morgan fingerprint density at radius 1 is 1.33 bits per heavy atom. The largest absolute Gasteiger partial charge is 0.496 e. The van der Waals surface area contributed by atoms with Gasteiger partial charge in [-0.2, -0.15) is 0 Å². The molecule has 0 saturated carbocycles. The van der Waals surface area contributed by atoms with Crippen LogP contribution in [0.2, 0.25) is 0 Å². The molecule has 0 spiro atoms. The van der Waals surface area contributed by atoms with Gasteiger partial charge in [0, 0.05) is 6.54 Å². The monoisotopic (exact) mass is 314 g/mol. The number of sulfonamides is 1. The third-order valence-electron chi connectivity index (χ3n) is 2.81. The van der Waals surface area contributed by atoms with E-state index in [2.05, 4.69) is 10.0 Å². The molecule has 0 radical (unpaired) electrons. The average Bonchev–Trinajstić information content (AvgIpc) is 2.42. The van der Waals surface area contributed by atoms with Crippen molar-refractivity contribution in [3.63, 3.8) is 0 Å². The molecule has 21 heavy (non-hydrogen) atoms. The van der Waals surface area contributed by atoms with Gasteiger partial charge >= 0.3 is 0 Å². The molecule has 6 nitrogen and oxygen atoms in total. The molecule has 118 valence electrons. The highest BCUT2D eigenvalue weighted by molar-refractivity contribution is 7.89. The van der Waals surface area contributed by atoms with Crippen LogP contribution in [-0.4, -0.2) is 34.5 Å². The molecule has 2 N–H and O–H groups in total. The molecular formula is C14H22N2O4S. The van der Waals surface area contributed by atoms with Gasteiger partial charge in [0.25, 0.3) is 0 Å². The first-order valence-corrected chi connectivity index (χ1v) is 8.15. The van der Waals surface area contributed by atoms with Gasteiger partial charge < -0.3 is 10.1 Å². The Morgan fingerprint density at radius 3 is 2.52 bits per heavy atom. The number of hydrogen-bond donors (Lipinski definition) is 2. The molecule has 0 fully saturated rings.